The molecule has 3 aromatic rings. The number of nitrogens with one attached hydrogen (secondary N) is 1. The Morgan fingerprint density at radius 3 is 2.82 bits per heavy atom. The monoisotopic (exact) mass is 314 g/mol. The van der Waals surface area contributed by atoms with Crippen LogP contribution in [-0.2, 0) is 0 Å². The number of hydrogen-bond acceptors (Lipinski definition) is 5. The van der Waals surface area contributed by atoms with Gasteiger partial charge in [-0.3, -0.25) is 4.79 Å². The lowest BCUT2D eigenvalue weighted by molar-refractivity contribution is 0.0909. The lowest BCUT2D eigenvalue weighted by atomic mass is 10.1. The average molecular weight is 314 g/mol. The molecule has 0 fully saturated rings. The summed E-state index contributed by atoms with van der Waals surface area (Å²) in [4.78, 5) is 12.8. The number of aliphatic hydroxyl groups is 1. The minimum atomic E-state index is -0.718. The van der Waals surface area contributed by atoms with E-state index in [1.165, 1.54) is 11.3 Å². The standard InChI is InChI=1S/C16H14N2O3S/c19-13(15-7-4-8-22-15)10-17-16(20)12-9-14(21-18-12)11-5-2-1-3-6-11/h1-9,13,19H,10H2,(H,17,20). The Hall–Kier alpha value is -2.44. The molecule has 1 aromatic carbocycles. The highest BCUT2D eigenvalue weighted by molar-refractivity contribution is 7.10. The number of nitrogens with zero attached hydrogens (tertiary/aromatic N) is 1. The molecule has 6 heteroatoms. The van der Waals surface area contributed by atoms with Crippen LogP contribution >= 0.6 is 11.3 Å². The first-order valence-corrected chi connectivity index (χ1v) is 7.64. The second-order valence-electron chi connectivity index (χ2n) is 4.68. The van der Waals surface area contributed by atoms with Crippen LogP contribution in [0.15, 0.2) is 58.4 Å². The molecule has 22 heavy (non-hydrogen) atoms. The van der Waals surface area contributed by atoms with E-state index in [-0.39, 0.29) is 18.1 Å². The summed E-state index contributed by atoms with van der Waals surface area (Å²) in [6.45, 7) is 0.132. The number of carbonyl (C=O) groups excluding carboxylic acids is 1. The zero-order chi connectivity index (χ0) is 15.4. The Morgan fingerprint density at radius 2 is 2.09 bits per heavy atom. The molecule has 112 valence electrons. The van der Waals surface area contributed by atoms with Gasteiger partial charge in [-0.25, -0.2) is 0 Å². The third-order valence-electron chi connectivity index (χ3n) is 3.13. The Morgan fingerprint density at radius 1 is 1.27 bits per heavy atom. The molecule has 3 rings (SSSR count). The number of thiophene rings is 1. The normalized spacial score (nSPS) is 12.0. The van der Waals surface area contributed by atoms with Crippen molar-refractivity contribution in [3.05, 3.63) is 64.5 Å². The van der Waals surface area contributed by atoms with Crippen LogP contribution in [0.1, 0.15) is 21.5 Å². The zero-order valence-corrected chi connectivity index (χ0v) is 12.4. The first kappa shape index (κ1) is 14.5. The summed E-state index contributed by atoms with van der Waals surface area (Å²) in [6, 6.07) is 14.7. The molecule has 0 spiro atoms. The fourth-order valence-electron chi connectivity index (χ4n) is 1.98. The number of aromatic nitrogens is 1. The van der Waals surface area contributed by atoms with Gasteiger partial charge in [0.2, 0.25) is 0 Å². The average Bonchev–Trinajstić information content (AvgIpc) is 3.24. The molecule has 1 amide bonds. The zero-order valence-electron chi connectivity index (χ0n) is 11.6. The first-order valence-electron chi connectivity index (χ1n) is 6.76. The molecule has 2 N–H and O–H groups in total. The number of aliphatic hydroxyl groups excluding tert-OH is 1. The predicted molar refractivity (Wildman–Crippen MR) is 83.6 cm³/mol. The van der Waals surface area contributed by atoms with Crippen LogP contribution < -0.4 is 5.32 Å². The third kappa shape index (κ3) is 3.24. The summed E-state index contributed by atoms with van der Waals surface area (Å²) < 4.78 is 5.18. The van der Waals surface area contributed by atoms with Gasteiger partial charge in [-0.15, -0.1) is 11.3 Å². The molecule has 0 aliphatic carbocycles. The largest absolute Gasteiger partial charge is 0.386 e. The molecule has 0 radical (unpaired) electrons. The molecule has 1 atom stereocenters. The Labute approximate surface area is 131 Å². The highest BCUT2D eigenvalue weighted by Crippen LogP contribution is 2.20. The summed E-state index contributed by atoms with van der Waals surface area (Å²) in [7, 11) is 0. The maximum absolute atomic E-state index is 12.0. The predicted octanol–water partition coefficient (Wildman–Crippen LogP) is 2.87. The van der Waals surface area contributed by atoms with Gasteiger partial charge in [-0.05, 0) is 11.4 Å². The van der Waals surface area contributed by atoms with Crippen molar-refractivity contribution in [2.45, 2.75) is 6.10 Å². The highest BCUT2D eigenvalue weighted by atomic mass is 32.1. The topological polar surface area (TPSA) is 75.4 Å². The lowest BCUT2D eigenvalue weighted by Gasteiger charge is -2.08. The van der Waals surface area contributed by atoms with Crippen molar-refractivity contribution in [1.82, 2.24) is 10.5 Å². The summed E-state index contributed by atoms with van der Waals surface area (Å²) >= 11 is 1.44. The number of hydrogen-bond donors (Lipinski definition) is 2. The Bertz CT molecular complexity index is 738. The van der Waals surface area contributed by atoms with Crippen molar-refractivity contribution in [2.75, 3.05) is 6.54 Å². The van der Waals surface area contributed by atoms with Crippen LogP contribution in [0, 0.1) is 0 Å². The van der Waals surface area contributed by atoms with E-state index in [0.717, 1.165) is 10.4 Å². The summed E-state index contributed by atoms with van der Waals surface area (Å²) in [6.07, 6.45) is -0.718. The molecule has 2 heterocycles. The van der Waals surface area contributed by atoms with E-state index in [1.807, 2.05) is 47.8 Å². The number of amides is 1. The molecule has 0 bridgehead atoms. The van der Waals surface area contributed by atoms with Crippen molar-refractivity contribution in [3.8, 4) is 11.3 Å². The van der Waals surface area contributed by atoms with E-state index in [2.05, 4.69) is 10.5 Å². The van der Waals surface area contributed by atoms with Crippen molar-refractivity contribution < 1.29 is 14.4 Å². The Balaban J connectivity index is 1.62. The molecular weight excluding hydrogens is 300 g/mol. The fourth-order valence-corrected chi connectivity index (χ4v) is 2.69. The Kier molecular flexibility index (Phi) is 4.32. The summed E-state index contributed by atoms with van der Waals surface area (Å²) in [5, 5.41) is 18.2. The third-order valence-corrected chi connectivity index (χ3v) is 4.10. The molecule has 0 aliphatic heterocycles. The molecule has 1 unspecified atom stereocenters. The van der Waals surface area contributed by atoms with Gasteiger partial charge in [-0.2, -0.15) is 0 Å². The van der Waals surface area contributed by atoms with Gasteiger partial charge in [-0.1, -0.05) is 41.6 Å². The minimum absolute atomic E-state index is 0.132. The van der Waals surface area contributed by atoms with Crippen LogP contribution in [0.25, 0.3) is 11.3 Å². The smallest absolute Gasteiger partial charge is 0.273 e. The van der Waals surface area contributed by atoms with Crippen LogP contribution in [0.3, 0.4) is 0 Å². The molecule has 0 saturated heterocycles. The summed E-state index contributed by atoms with van der Waals surface area (Å²) in [5.41, 5.74) is 1.05. The van der Waals surface area contributed by atoms with Gasteiger partial charge in [0.15, 0.2) is 11.5 Å². The lowest BCUT2D eigenvalue weighted by Crippen LogP contribution is -2.28. The molecule has 2 aromatic heterocycles. The van der Waals surface area contributed by atoms with E-state index in [0.29, 0.717) is 5.76 Å². The van der Waals surface area contributed by atoms with Crippen molar-refractivity contribution in [2.24, 2.45) is 0 Å². The number of carbonyl (C=O) groups is 1. The van der Waals surface area contributed by atoms with E-state index in [4.69, 9.17) is 4.52 Å². The van der Waals surface area contributed by atoms with Crippen LogP contribution in [0.5, 0.6) is 0 Å². The van der Waals surface area contributed by atoms with Crippen LogP contribution in [0.4, 0.5) is 0 Å². The van der Waals surface area contributed by atoms with Crippen molar-refractivity contribution in [1.29, 1.82) is 0 Å². The van der Waals surface area contributed by atoms with Crippen LogP contribution in [0.2, 0.25) is 0 Å². The van der Waals surface area contributed by atoms with E-state index in [9.17, 15) is 9.90 Å². The van der Waals surface area contributed by atoms with E-state index >= 15 is 0 Å². The number of benzene rings is 1. The van der Waals surface area contributed by atoms with E-state index < -0.39 is 6.10 Å². The molecular formula is C16H14N2O3S. The minimum Gasteiger partial charge on any atom is -0.386 e. The quantitative estimate of drug-likeness (QED) is 0.759. The van der Waals surface area contributed by atoms with Crippen molar-refractivity contribution in [3.63, 3.8) is 0 Å². The summed E-state index contributed by atoms with van der Waals surface area (Å²) in [5.74, 6) is 0.158. The fraction of sp³-hybridized carbons (Fsp3) is 0.125. The second-order valence-corrected chi connectivity index (χ2v) is 5.66. The molecule has 0 aliphatic rings. The number of rotatable bonds is 5. The van der Waals surface area contributed by atoms with Gasteiger partial charge >= 0.3 is 0 Å². The maximum Gasteiger partial charge on any atom is 0.273 e. The van der Waals surface area contributed by atoms with Gasteiger partial charge < -0.3 is 14.9 Å². The van der Waals surface area contributed by atoms with Gasteiger partial charge in [0.05, 0.1) is 0 Å². The van der Waals surface area contributed by atoms with Gasteiger partial charge in [0.1, 0.15) is 6.10 Å². The molecule has 0 saturated carbocycles. The van der Waals surface area contributed by atoms with Crippen LogP contribution in [-0.4, -0.2) is 22.7 Å². The second kappa shape index (κ2) is 6.55. The van der Waals surface area contributed by atoms with Crippen molar-refractivity contribution >= 4 is 17.2 Å². The van der Waals surface area contributed by atoms with Gasteiger partial charge in [0, 0.05) is 23.1 Å². The SMILES string of the molecule is O=C(NCC(O)c1cccs1)c1cc(-c2ccccc2)on1. The van der Waals surface area contributed by atoms with Gasteiger partial charge in [0.25, 0.3) is 5.91 Å². The maximum atomic E-state index is 12.0. The highest BCUT2D eigenvalue weighted by Gasteiger charge is 2.15. The first-order chi connectivity index (χ1) is 10.7. The molecule has 5 nitrogen and oxygen atoms in total. The van der Waals surface area contributed by atoms with E-state index in [1.54, 1.807) is 6.07 Å².